The number of alkyl halides is 4. The average Bonchev–Trinajstić information content (AvgIpc) is 3.84. The lowest BCUT2D eigenvalue weighted by molar-refractivity contribution is -0.137. The predicted molar refractivity (Wildman–Crippen MR) is 178 cm³/mol. The second-order valence-electron chi connectivity index (χ2n) is 13.1. The van der Waals surface area contributed by atoms with Gasteiger partial charge in [0.15, 0.2) is 5.82 Å². The molecular weight excluding hydrogens is 698 g/mol. The smallest absolute Gasteiger partial charge is 0.417 e. The maximum absolute atomic E-state index is 17.0. The molecule has 5 heterocycles. The third-order valence-corrected chi connectivity index (χ3v) is 11.3. The van der Waals surface area contributed by atoms with E-state index in [2.05, 4.69) is 16.5 Å². The summed E-state index contributed by atoms with van der Waals surface area (Å²) in [7, 11) is 0. The summed E-state index contributed by atoms with van der Waals surface area (Å²) < 4.78 is 103. The van der Waals surface area contributed by atoms with E-state index in [1.807, 2.05) is 11.8 Å². The Bertz CT molecular complexity index is 2120. The van der Waals surface area contributed by atoms with Gasteiger partial charge in [-0.2, -0.15) is 28.4 Å². The van der Waals surface area contributed by atoms with Gasteiger partial charge in [0.25, 0.3) is 0 Å². The number of thiophene rings is 1. The first-order chi connectivity index (χ1) is 24.3. The monoisotopic (exact) mass is 730 g/mol. The third-order valence-electron chi connectivity index (χ3n) is 10.2. The molecule has 51 heavy (non-hydrogen) atoms. The average molecular weight is 731 g/mol. The van der Waals surface area contributed by atoms with Crippen molar-refractivity contribution in [3.05, 3.63) is 53.6 Å². The number of anilines is 1. The number of hydrogen-bond donors (Lipinski definition) is 1. The van der Waals surface area contributed by atoms with E-state index in [0.717, 1.165) is 24.6 Å². The fourth-order valence-corrected chi connectivity index (χ4v) is 8.91. The zero-order valence-electron chi connectivity index (χ0n) is 27.3. The van der Waals surface area contributed by atoms with Crippen LogP contribution in [0.3, 0.4) is 0 Å². The van der Waals surface area contributed by atoms with Gasteiger partial charge in [-0.25, -0.2) is 13.2 Å². The molecule has 4 atom stereocenters. The van der Waals surface area contributed by atoms with Crippen LogP contribution in [0.4, 0.5) is 31.3 Å². The lowest BCUT2D eigenvalue weighted by Crippen LogP contribution is -2.43. The molecule has 268 valence electrons. The highest BCUT2D eigenvalue weighted by Gasteiger charge is 2.49. The van der Waals surface area contributed by atoms with E-state index in [1.165, 1.54) is 0 Å². The summed E-state index contributed by atoms with van der Waals surface area (Å²) in [4.78, 5) is 24.7. The SMILES string of the molecule is C=CC(=O)N1CC[C@@H](Oc2nc(OC[C@@]34CCCN3C[C@H](F)C4)nc3c(F)c(-c4ccc(F)c5sc(N)c(C#N)c45)c(C(F)(F)F)cc23)[C@H]1CC. The fourth-order valence-electron chi connectivity index (χ4n) is 7.96. The summed E-state index contributed by atoms with van der Waals surface area (Å²) in [6.45, 7) is 6.47. The van der Waals surface area contributed by atoms with Crippen LogP contribution in [0.15, 0.2) is 30.9 Å². The van der Waals surface area contributed by atoms with Crippen molar-refractivity contribution in [2.45, 2.75) is 69.1 Å². The number of hydrogen-bond acceptors (Lipinski definition) is 9. The number of rotatable bonds is 8. The van der Waals surface area contributed by atoms with Crippen LogP contribution in [0.25, 0.3) is 32.1 Å². The van der Waals surface area contributed by atoms with E-state index in [9.17, 15) is 32.0 Å². The number of halogens is 6. The number of benzene rings is 2. The van der Waals surface area contributed by atoms with Crippen molar-refractivity contribution in [3.63, 3.8) is 0 Å². The summed E-state index contributed by atoms with van der Waals surface area (Å²) >= 11 is 0.662. The number of nitrogens with zero attached hydrogens (tertiary/aromatic N) is 5. The molecule has 0 unspecified atom stereocenters. The van der Waals surface area contributed by atoms with Gasteiger partial charge in [-0.1, -0.05) is 19.6 Å². The molecule has 2 aromatic carbocycles. The molecule has 3 aliphatic heterocycles. The molecule has 7 rings (SSSR count). The number of carbonyl (C=O) groups excluding carboxylic acids is 1. The number of amides is 1. The van der Waals surface area contributed by atoms with E-state index in [4.69, 9.17) is 15.2 Å². The van der Waals surface area contributed by atoms with Gasteiger partial charge in [-0.15, -0.1) is 11.3 Å². The topological polar surface area (TPSA) is 118 Å². The molecule has 3 aliphatic rings. The van der Waals surface area contributed by atoms with Gasteiger partial charge in [0.05, 0.1) is 32.8 Å². The van der Waals surface area contributed by atoms with Crippen molar-refractivity contribution in [1.29, 1.82) is 5.26 Å². The Labute approximate surface area is 292 Å². The van der Waals surface area contributed by atoms with Crippen LogP contribution in [0.5, 0.6) is 11.9 Å². The number of nitrogen functional groups attached to an aromatic ring is 1. The number of fused-ring (bicyclic) bond motifs is 3. The van der Waals surface area contributed by atoms with Crippen molar-refractivity contribution in [1.82, 2.24) is 19.8 Å². The minimum Gasteiger partial charge on any atom is -0.471 e. The fraction of sp³-hybridized carbons (Fsp3) is 0.429. The van der Waals surface area contributed by atoms with Crippen molar-refractivity contribution < 1.29 is 40.6 Å². The molecule has 16 heteroatoms. The predicted octanol–water partition coefficient (Wildman–Crippen LogP) is 7.16. The molecule has 1 amide bonds. The maximum Gasteiger partial charge on any atom is 0.417 e. The molecule has 0 saturated carbocycles. The highest BCUT2D eigenvalue weighted by Crippen LogP contribution is 2.48. The number of nitriles is 1. The molecule has 9 nitrogen and oxygen atoms in total. The maximum atomic E-state index is 17.0. The summed E-state index contributed by atoms with van der Waals surface area (Å²) in [5.41, 5.74) is 1.58. The Morgan fingerprint density at radius 1 is 1.27 bits per heavy atom. The van der Waals surface area contributed by atoms with Crippen LogP contribution < -0.4 is 15.2 Å². The third kappa shape index (κ3) is 5.80. The molecule has 2 aromatic heterocycles. The van der Waals surface area contributed by atoms with Crippen LogP contribution in [-0.2, 0) is 11.0 Å². The largest absolute Gasteiger partial charge is 0.471 e. The van der Waals surface area contributed by atoms with Crippen LogP contribution in [0.1, 0.15) is 50.2 Å². The van der Waals surface area contributed by atoms with Crippen LogP contribution in [0.2, 0.25) is 0 Å². The first kappa shape index (κ1) is 34.8. The molecule has 2 N–H and O–H groups in total. The molecule has 3 saturated heterocycles. The highest BCUT2D eigenvalue weighted by molar-refractivity contribution is 7.23. The van der Waals surface area contributed by atoms with Gasteiger partial charge in [-0.3, -0.25) is 9.69 Å². The number of nitrogens with two attached hydrogens (primary N) is 1. The van der Waals surface area contributed by atoms with Crippen molar-refractivity contribution in [2.75, 3.05) is 32.0 Å². The van der Waals surface area contributed by atoms with Crippen LogP contribution in [-0.4, -0.2) is 75.8 Å². The molecule has 0 aliphatic carbocycles. The zero-order valence-corrected chi connectivity index (χ0v) is 28.1. The lowest BCUT2D eigenvalue weighted by atomic mass is 9.92. The first-order valence-corrected chi connectivity index (χ1v) is 17.3. The lowest BCUT2D eigenvalue weighted by Gasteiger charge is -2.31. The Kier molecular flexibility index (Phi) is 8.78. The quantitative estimate of drug-likeness (QED) is 0.150. The second kappa shape index (κ2) is 12.9. The summed E-state index contributed by atoms with van der Waals surface area (Å²) in [6.07, 6.45) is -3.43. The van der Waals surface area contributed by atoms with Crippen LogP contribution in [0, 0.1) is 23.0 Å². The minimum atomic E-state index is -5.16. The van der Waals surface area contributed by atoms with Crippen LogP contribution >= 0.6 is 11.3 Å². The highest BCUT2D eigenvalue weighted by atomic mass is 32.1. The van der Waals surface area contributed by atoms with E-state index < -0.39 is 81.2 Å². The summed E-state index contributed by atoms with van der Waals surface area (Å²) in [5, 5.41) is 8.98. The zero-order chi connectivity index (χ0) is 36.4. The van der Waals surface area contributed by atoms with E-state index >= 15 is 4.39 Å². The molecule has 0 bridgehead atoms. The number of ether oxygens (including phenoxy) is 2. The normalized spacial score (nSPS) is 23.6. The van der Waals surface area contributed by atoms with Crippen molar-refractivity contribution in [3.8, 4) is 29.1 Å². The van der Waals surface area contributed by atoms with E-state index in [1.54, 1.807) is 11.0 Å². The van der Waals surface area contributed by atoms with E-state index in [-0.39, 0.29) is 52.7 Å². The van der Waals surface area contributed by atoms with E-state index in [0.29, 0.717) is 43.2 Å². The Morgan fingerprint density at radius 3 is 2.76 bits per heavy atom. The Hall–Kier alpha value is -4.62. The van der Waals surface area contributed by atoms with Gasteiger partial charge in [0, 0.05) is 36.9 Å². The number of carbonyl (C=O) groups is 1. The first-order valence-electron chi connectivity index (χ1n) is 16.4. The van der Waals surface area contributed by atoms with Gasteiger partial charge in [-0.05, 0) is 49.6 Å². The minimum absolute atomic E-state index is 0.0611. The molecule has 0 radical (unpaired) electrons. The number of aromatic nitrogens is 2. The number of likely N-dealkylation sites (tertiary alicyclic amines) is 1. The second-order valence-corrected chi connectivity index (χ2v) is 14.1. The summed E-state index contributed by atoms with van der Waals surface area (Å²) in [6, 6.07) is 3.42. The molecule has 3 fully saturated rings. The standard InChI is InChI=1S/C35H32F6N6O3S/c1-3-23-24(8-11-47(23)25(48)4-2)50-32-19-12-21(35(39,40)41)27(18-6-7-22(37)30-26(18)20(14-42)31(43)51-30)28(38)29(19)44-33(45-32)49-16-34-9-5-10-46(34)15-17(36)13-34/h4,6-7,12,17,23-24H,2-3,5,8-11,13,15-16,43H2,1H3/t17-,23-,24-,34+/m1/s1. The Morgan fingerprint density at radius 2 is 2.06 bits per heavy atom. The van der Waals surface area contributed by atoms with Gasteiger partial charge in [0.2, 0.25) is 11.8 Å². The van der Waals surface area contributed by atoms with Crippen molar-refractivity contribution in [2.24, 2.45) is 0 Å². The molecular formula is C35H32F6N6O3S. The van der Waals surface area contributed by atoms with Gasteiger partial charge >= 0.3 is 12.2 Å². The Balaban J connectivity index is 1.43. The summed E-state index contributed by atoms with van der Waals surface area (Å²) in [5.74, 6) is -3.03. The van der Waals surface area contributed by atoms with Gasteiger partial charge in [0.1, 0.15) is 41.3 Å². The molecule has 0 spiro atoms. The van der Waals surface area contributed by atoms with Gasteiger partial charge < -0.3 is 20.1 Å². The van der Waals surface area contributed by atoms with Crippen molar-refractivity contribution >= 4 is 43.2 Å². The molecule has 4 aromatic rings.